The van der Waals surface area contributed by atoms with Crippen LogP contribution in [0.25, 0.3) is 0 Å². The van der Waals surface area contributed by atoms with Crippen LogP contribution in [-0.2, 0) is 12.1 Å². The van der Waals surface area contributed by atoms with E-state index in [-0.39, 0.29) is 12.0 Å². The Kier molecular flexibility index (Phi) is 4.17. The molecule has 0 aliphatic carbocycles. The second-order valence-corrected chi connectivity index (χ2v) is 4.01. The molecular weight excluding hydrogens is 277 g/mol. The summed E-state index contributed by atoms with van der Waals surface area (Å²) < 4.78 is 88.7. The maximum atomic E-state index is 13.7. The van der Waals surface area contributed by atoms with Crippen LogP contribution >= 0.6 is 0 Å². The van der Waals surface area contributed by atoms with Crippen molar-refractivity contribution >= 4 is 0 Å². The van der Waals surface area contributed by atoms with Crippen molar-refractivity contribution in [3.63, 3.8) is 0 Å². The standard InChI is InChI=1S/C12H10F7/c1-2-4-8-5-3-6-9(7-8)10(13,11(14,15)16)12(17,18)19/h3,6-7H,2,4H2,1H3. The Hall–Kier alpha value is -1.27. The predicted octanol–water partition coefficient (Wildman–Crippen LogP) is 4.73. The third kappa shape index (κ3) is 2.84. The van der Waals surface area contributed by atoms with E-state index in [2.05, 4.69) is 6.07 Å². The maximum absolute atomic E-state index is 13.7. The lowest BCUT2D eigenvalue weighted by Gasteiger charge is -2.30. The summed E-state index contributed by atoms with van der Waals surface area (Å²) in [6.07, 6.45) is -11.4. The number of hydrogen-bond donors (Lipinski definition) is 0. The molecule has 1 rings (SSSR count). The summed E-state index contributed by atoms with van der Waals surface area (Å²) in [4.78, 5) is 0. The fraction of sp³-hybridized carbons (Fsp3) is 0.500. The number of halogens is 7. The number of alkyl halides is 7. The van der Waals surface area contributed by atoms with E-state index in [9.17, 15) is 30.7 Å². The van der Waals surface area contributed by atoms with Crippen LogP contribution in [0.5, 0.6) is 0 Å². The van der Waals surface area contributed by atoms with Crippen LogP contribution in [0.2, 0.25) is 0 Å². The third-order valence-electron chi connectivity index (χ3n) is 2.56. The fourth-order valence-electron chi connectivity index (χ4n) is 1.63. The highest BCUT2D eigenvalue weighted by Crippen LogP contribution is 2.53. The largest absolute Gasteiger partial charge is 0.435 e. The van der Waals surface area contributed by atoms with Gasteiger partial charge in [-0.25, -0.2) is 4.39 Å². The minimum absolute atomic E-state index is 0.107. The van der Waals surface area contributed by atoms with Gasteiger partial charge in [0, 0.05) is 5.56 Å². The average Bonchev–Trinajstić information content (AvgIpc) is 2.25. The molecular formula is C12H10F7. The van der Waals surface area contributed by atoms with Gasteiger partial charge in [-0.15, -0.1) is 0 Å². The number of aryl methyl sites for hydroxylation is 1. The molecule has 0 N–H and O–H groups in total. The Morgan fingerprint density at radius 1 is 1.00 bits per heavy atom. The second kappa shape index (κ2) is 5.02. The zero-order chi connectivity index (χ0) is 14.9. The molecule has 0 aromatic heterocycles. The van der Waals surface area contributed by atoms with E-state index in [0.717, 1.165) is 6.07 Å². The monoisotopic (exact) mass is 287 g/mol. The van der Waals surface area contributed by atoms with Crippen molar-refractivity contribution in [3.8, 4) is 0 Å². The van der Waals surface area contributed by atoms with Gasteiger partial charge in [0.2, 0.25) is 0 Å². The summed E-state index contributed by atoms with van der Waals surface area (Å²) >= 11 is 0. The number of benzene rings is 1. The molecule has 0 fully saturated rings. The van der Waals surface area contributed by atoms with Gasteiger partial charge in [-0.05, 0) is 18.1 Å². The predicted molar refractivity (Wildman–Crippen MR) is 54.2 cm³/mol. The SMILES string of the molecule is CCCc1[c]ccc(C(F)(C(F)(F)F)C(F)(F)F)c1. The van der Waals surface area contributed by atoms with Crippen LogP contribution in [0.3, 0.4) is 0 Å². The fourth-order valence-corrected chi connectivity index (χ4v) is 1.63. The summed E-state index contributed by atoms with van der Waals surface area (Å²) in [7, 11) is 0. The first-order valence-electron chi connectivity index (χ1n) is 5.37. The van der Waals surface area contributed by atoms with Crippen LogP contribution < -0.4 is 0 Å². The van der Waals surface area contributed by atoms with Gasteiger partial charge in [-0.3, -0.25) is 0 Å². The molecule has 0 spiro atoms. The molecule has 0 nitrogen and oxygen atoms in total. The molecule has 0 bridgehead atoms. The Bertz CT molecular complexity index is 416. The molecule has 0 saturated heterocycles. The van der Waals surface area contributed by atoms with E-state index in [1.165, 1.54) is 0 Å². The highest BCUT2D eigenvalue weighted by Gasteiger charge is 2.73. The van der Waals surface area contributed by atoms with E-state index in [0.29, 0.717) is 18.6 Å². The van der Waals surface area contributed by atoms with Gasteiger partial charge < -0.3 is 0 Å². The topological polar surface area (TPSA) is 0 Å². The van der Waals surface area contributed by atoms with Crippen molar-refractivity contribution in [2.45, 2.75) is 37.8 Å². The van der Waals surface area contributed by atoms with Crippen molar-refractivity contribution in [2.24, 2.45) is 0 Å². The lowest BCUT2D eigenvalue weighted by molar-refractivity contribution is -0.348. The number of hydrogen-bond acceptors (Lipinski definition) is 0. The molecule has 0 aliphatic rings. The molecule has 0 atom stereocenters. The van der Waals surface area contributed by atoms with E-state index in [1.807, 2.05) is 0 Å². The Labute approximate surface area is 105 Å². The normalized spacial score (nSPS) is 13.7. The smallest absolute Gasteiger partial charge is 0.218 e. The lowest BCUT2D eigenvalue weighted by atomic mass is 9.92. The van der Waals surface area contributed by atoms with Crippen molar-refractivity contribution in [1.29, 1.82) is 0 Å². The van der Waals surface area contributed by atoms with E-state index in [4.69, 9.17) is 0 Å². The minimum atomic E-state index is -6.07. The van der Waals surface area contributed by atoms with Gasteiger partial charge in [-0.2, -0.15) is 26.3 Å². The molecule has 0 aliphatic heterocycles. The minimum Gasteiger partial charge on any atom is -0.218 e. The van der Waals surface area contributed by atoms with Crippen molar-refractivity contribution < 1.29 is 30.7 Å². The summed E-state index contributed by atoms with van der Waals surface area (Å²) in [5, 5.41) is 0. The third-order valence-corrected chi connectivity index (χ3v) is 2.56. The van der Waals surface area contributed by atoms with Crippen LogP contribution in [0, 0.1) is 6.07 Å². The first kappa shape index (κ1) is 15.8. The summed E-state index contributed by atoms with van der Waals surface area (Å²) in [6.45, 7) is 1.69. The molecule has 0 saturated carbocycles. The first-order valence-corrected chi connectivity index (χ1v) is 5.37. The zero-order valence-corrected chi connectivity index (χ0v) is 9.79. The van der Waals surface area contributed by atoms with E-state index >= 15 is 0 Å². The zero-order valence-electron chi connectivity index (χ0n) is 9.79. The quantitative estimate of drug-likeness (QED) is 0.705. The molecule has 107 valence electrons. The lowest BCUT2D eigenvalue weighted by Crippen LogP contribution is -2.50. The maximum Gasteiger partial charge on any atom is 0.435 e. The highest BCUT2D eigenvalue weighted by atomic mass is 19.4. The van der Waals surface area contributed by atoms with Gasteiger partial charge in [-0.1, -0.05) is 31.5 Å². The average molecular weight is 287 g/mol. The van der Waals surface area contributed by atoms with Gasteiger partial charge in [0.25, 0.3) is 0 Å². The van der Waals surface area contributed by atoms with Crippen molar-refractivity contribution in [1.82, 2.24) is 0 Å². The van der Waals surface area contributed by atoms with Gasteiger partial charge in [0.15, 0.2) is 0 Å². The van der Waals surface area contributed by atoms with Crippen molar-refractivity contribution in [3.05, 3.63) is 35.4 Å². The molecule has 0 unspecified atom stereocenters. The number of rotatable bonds is 3. The van der Waals surface area contributed by atoms with Crippen LogP contribution in [0.15, 0.2) is 18.2 Å². The van der Waals surface area contributed by atoms with Crippen LogP contribution in [0.1, 0.15) is 24.5 Å². The molecule has 7 heteroatoms. The summed E-state index contributed by atoms with van der Waals surface area (Å²) in [6, 6.07) is 4.36. The molecule has 1 aromatic carbocycles. The van der Waals surface area contributed by atoms with E-state index < -0.39 is 23.6 Å². The van der Waals surface area contributed by atoms with Gasteiger partial charge in [0.1, 0.15) is 0 Å². The van der Waals surface area contributed by atoms with Crippen molar-refractivity contribution in [2.75, 3.05) is 0 Å². The first-order chi connectivity index (χ1) is 8.54. The van der Waals surface area contributed by atoms with Gasteiger partial charge in [0.05, 0.1) is 0 Å². The Balaban J connectivity index is 3.39. The summed E-state index contributed by atoms with van der Waals surface area (Å²) in [5.74, 6) is 0. The molecule has 0 heterocycles. The molecule has 1 aromatic rings. The van der Waals surface area contributed by atoms with Crippen LogP contribution in [-0.4, -0.2) is 12.4 Å². The summed E-state index contributed by atoms with van der Waals surface area (Å²) in [5.41, 5.74) is -6.72. The second-order valence-electron chi connectivity index (χ2n) is 4.01. The Morgan fingerprint density at radius 2 is 1.53 bits per heavy atom. The van der Waals surface area contributed by atoms with E-state index in [1.54, 1.807) is 6.92 Å². The molecule has 0 amide bonds. The van der Waals surface area contributed by atoms with Crippen LogP contribution in [0.4, 0.5) is 30.7 Å². The molecule has 1 radical (unpaired) electrons. The Morgan fingerprint density at radius 3 is 1.95 bits per heavy atom. The van der Waals surface area contributed by atoms with Gasteiger partial charge >= 0.3 is 18.0 Å². The highest BCUT2D eigenvalue weighted by molar-refractivity contribution is 5.30. The molecule has 19 heavy (non-hydrogen) atoms.